The normalized spacial score (nSPS) is 12.4. The standard InChI is InChI=1S/C12H9BrClNO/c13-9-6-10(12(14)15-7-9)11(16)8-4-2-1-3-5-8/h1-7,11,16H. The number of pyridine rings is 1. The van der Waals surface area contributed by atoms with Crippen LogP contribution in [0.4, 0.5) is 0 Å². The molecule has 4 heteroatoms. The van der Waals surface area contributed by atoms with Crippen LogP contribution in [-0.4, -0.2) is 10.1 Å². The average molecular weight is 299 g/mol. The lowest BCUT2D eigenvalue weighted by molar-refractivity contribution is 0.220. The van der Waals surface area contributed by atoms with Crippen molar-refractivity contribution in [3.05, 3.63) is 63.3 Å². The summed E-state index contributed by atoms with van der Waals surface area (Å²) in [5.74, 6) is 0. The number of nitrogens with zero attached hydrogens (tertiary/aromatic N) is 1. The fourth-order valence-electron chi connectivity index (χ4n) is 1.44. The summed E-state index contributed by atoms with van der Waals surface area (Å²) < 4.78 is 0.793. The third-order valence-corrected chi connectivity index (χ3v) is 2.99. The second kappa shape index (κ2) is 4.95. The van der Waals surface area contributed by atoms with Crippen LogP contribution in [0.15, 0.2) is 47.1 Å². The van der Waals surface area contributed by atoms with Gasteiger partial charge in [-0.3, -0.25) is 0 Å². The van der Waals surface area contributed by atoms with Crippen molar-refractivity contribution in [3.8, 4) is 0 Å². The van der Waals surface area contributed by atoms with Gasteiger partial charge in [0.25, 0.3) is 0 Å². The van der Waals surface area contributed by atoms with Crippen LogP contribution in [0, 0.1) is 0 Å². The minimum Gasteiger partial charge on any atom is -0.384 e. The Balaban J connectivity index is 2.41. The van der Waals surface area contributed by atoms with E-state index in [0.717, 1.165) is 10.0 Å². The predicted octanol–water partition coefficient (Wildman–Crippen LogP) is 3.58. The molecule has 0 amide bonds. The molecule has 82 valence electrons. The second-order valence-electron chi connectivity index (χ2n) is 3.35. The van der Waals surface area contributed by atoms with E-state index < -0.39 is 6.10 Å². The molecule has 1 aromatic heterocycles. The van der Waals surface area contributed by atoms with Crippen molar-refractivity contribution >= 4 is 27.5 Å². The largest absolute Gasteiger partial charge is 0.384 e. The molecule has 1 N–H and O–H groups in total. The molecule has 1 heterocycles. The number of hydrogen-bond donors (Lipinski definition) is 1. The van der Waals surface area contributed by atoms with Crippen LogP contribution < -0.4 is 0 Å². The van der Waals surface area contributed by atoms with E-state index in [9.17, 15) is 5.11 Å². The van der Waals surface area contributed by atoms with Crippen LogP contribution in [0.3, 0.4) is 0 Å². The summed E-state index contributed by atoms with van der Waals surface area (Å²) in [5, 5.41) is 10.5. The van der Waals surface area contributed by atoms with Crippen LogP contribution in [-0.2, 0) is 0 Å². The van der Waals surface area contributed by atoms with Crippen LogP contribution in [0.1, 0.15) is 17.2 Å². The number of hydrogen-bond acceptors (Lipinski definition) is 2. The van der Waals surface area contributed by atoms with Crippen LogP contribution in [0.25, 0.3) is 0 Å². The fourth-order valence-corrected chi connectivity index (χ4v) is 2.00. The lowest BCUT2D eigenvalue weighted by Crippen LogP contribution is -2.01. The van der Waals surface area contributed by atoms with E-state index in [0.29, 0.717) is 10.7 Å². The third-order valence-electron chi connectivity index (χ3n) is 2.24. The first kappa shape index (κ1) is 11.6. The topological polar surface area (TPSA) is 33.1 Å². The molecule has 0 fully saturated rings. The van der Waals surface area contributed by atoms with E-state index in [-0.39, 0.29) is 0 Å². The average Bonchev–Trinajstić information content (AvgIpc) is 2.32. The molecular formula is C12H9BrClNO. The first-order chi connectivity index (χ1) is 7.68. The van der Waals surface area contributed by atoms with Gasteiger partial charge in [0.05, 0.1) is 0 Å². The van der Waals surface area contributed by atoms with Crippen LogP contribution in [0.5, 0.6) is 0 Å². The minimum atomic E-state index is -0.751. The van der Waals surface area contributed by atoms with Crippen molar-refractivity contribution in [1.82, 2.24) is 4.98 Å². The molecule has 2 nitrogen and oxygen atoms in total. The van der Waals surface area contributed by atoms with E-state index >= 15 is 0 Å². The Bertz CT molecular complexity index is 490. The first-order valence-electron chi connectivity index (χ1n) is 4.72. The van der Waals surface area contributed by atoms with Crippen molar-refractivity contribution < 1.29 is 5.11 Å². The maximum Gasteiger partial charge on any atom is 0.135 e. The third kappa shape index (κ3) is 2.43. The number of halogens is 2. The lowest BCUT2D eigenvalue weighted by atomic mass is 10.0. The van der Waals surface area contributed by atoms with Gasteiger partial charge < -0.3 is 5.11 Å². The number of aliphatic hydroxyl groups is 1. The van der Waals surface area contributed by atoms with Gasteiger partial charge in [-0.25, -0.2) is 4.98 Å². The highest BCUT2D eigenvalue weighted by atomic mass is 79.9. The van der Waals surface area contributed by atoms with Crippen molar-refractivity contribution in [2.75, 3.05) is 0 Å². The smallest absolute Gasteiger partial charge is 0.135 e. The molecule has 0 bridgehead atoms. The molecule has 1 aromatic carbocycles. The Morgan fingerprint density at radius 2 is 1.94 bits per heavy atom. The van der Waals surface area contributed by atoms with Gasteiger partial charge in [0.1, 0.15) is 11.3 Å². The summed E-state index contributed by atoms with van der Waals surface area (Å²) in [6.45, 7) is 0. The Morgan fingerprint density at radius 3 is 2.62 bits per heavy atom. The summed E-state index contributed by atoms with van der Waals surface area (Å²) in [4.78, 5) is 3.98. The van der Waals surface area contributed by atoms with Crippen molar-refractivity contribution in [2.24, 2.45) is 0 Å². The number of benzene rings is 1. The quantitative estimate of drug-likeness (QED) is 0.860. The molecule has 0 aliphatic heterocycles. The molecule has 0 saturated heterocycles. The number of rotatable bonds is 2. The van der Waals surface area contributed by atoms with Gasteiger partial charge >= 0.3 is 0 Å². The van der Waals surface area contributed by atoms with Crippen molar-refractivity contribution in [3.63, 3.8) is 0 Å². The molecule has 0 aliphatic carbocycles. The van der Waals surface area contributed by atoms with E-state index in [2.05, 4.69) is 20.9 Å². The zero-order valence-electron chi connectivity index (χ0n) is 8.27. The molecule has 0 saturated carbocycles. The molecule has 16 heavy (non-hydrogen) atoms. The van der Waals surface area contributed by atoms with E-state index in [4.69, 9.17) is 11.6 Å². The maximum absolute atomic E-state index is 10.2. The van der Waals surface area contributed by atoms with Crippen LogP contribution >= 0.6 is 27.5 Å². The SMILES string of the molecule is OC(c1ccccc1)c1cc(Br)cnc1Cl. The summed E-state index contributed by atoms with van der Waals surface area (Å²) in [6, 6.07) is 11.1. The molecule has 1 atom stereocenters. The molecule has 1 unspecified atom stereocenters. The monoisotopic (exact) mass is 297 g/mol. The summed E-state index contributed by atoms with van der Waals surface area (Å²) in [5.41, 5.74) is 1.39. The van der Waals surface area contributed by atoms with Crippen molar-refractivity contribution in [1.29, 1.82) is 0 Å². The highest BCUT2D eigenvalue weighted by Gasteiger charge is 2.14. The van der Waals surface area contributed by atoms with E-state index in [1.807, 2.05) is 30.3 Å². The van der Waals surface area contributed by atoms with Gasteiger partial charge in [-0.2, -0.15) is 0 Å². The molecule has 0 radical (unpaired) electrons. The minimum absolute atomic E-state index is 0.319. The molecule has 0 aliphatic rings. The van der Waals surface area contributed by atoms with Crippen LogP contribution in [0.2, 0.25) is 5.15 Å². The predicted molar refractivity (Wildman–Crippen MR) is 67.5 cm³/mol. The van der Waals surface area contributed by atoms with E-state index in [1.54, 1.807) is 12.3 Å². The molecular weight excluding hydrogens is 289 g/mol. The second-order valence-corrected chi connectivity index (χ2v) is 4.62. The Kier molecular flexibility index (Phi) is 3.59. The van der Waals surface area contributed by atoms with Gasteiger partial charge in [-0.05, 0) is 27.6 Å². The summed E-state index contributed by atoms with van der Waals surface area (Å²) in [6.07, 6.45) is 0.850. The molecule has 2 aromatic rings. The number of aliphatic hydroxyl groups excluding tert-OH is 1. The summed E-state index contributed by atoms with van der Waals surface area (Å²) >= 11 is 9.25. The van der Waals surface area contributed by atoms with Gasteiger partial charge in [-0.1, -0.05) is 41.9 Å². The fraction of sp³-hybridized carbons (Fsp3) is 0.0833. The Hall–Kier alpha value is -0.900. The molecule has 2 rings (SSSR count). The Morgan fingerprint density at radius 1 is 1.25 bits per heavy atom. The van der Waals surface area contributed by atoms with Gasteiger partial charge in [0.15, 0.2) is 0 Å². The van der Waals surface area contributed by atoms with Gasteiger partial charge in [-0.15, -0.1) is 0 Å². The first-order valence-corrected chi connectivity index (χ1v) is 5.89. The zero-order chi connectivity index (χ0) is 11.5. The zero-order valence-corrected chi connectivity index (χ0v) is 10.6. The van der Waals surface area contributed by atoms with E-state index in [1.165, 1.54) is 0 Å². The number of aromatic nitrogens is 1. The van der Waals surface area contributed by atoms with Crippen molar-refractivity contribution in [2.45, 2.75) is 6.10 Å². The highest BCUT2D eigenvalue weighted by molar-refractivity contribution is 9.10. The maximum atomic E-state index is 10.2. The van der Waals surface area contributed by atoms with Gasteiger partial charge in [0.2, 0.25) is 0 Å². The molecule has 0 spiro atoms. The Labute approximate surface area is 107 Å². The van der Waals surface area contributed by atoms with Gasteiger partial charge in [0, 0.05) is 16.2 Å². The summed E-state index contributed by atoms with van der Waals surface area (Å²) in [7, 11) is 0. The lowest BCUT2D eigenvalue weighted by Gasteiger charge is -2.12. The highest BCUT2D eigenvalue weighted by Crippen LogP contribution is 2.28.